The van der Waals surface area contributed by atoms with Gasteiger partial charge in [0.15, 0.2) is 0 Å². The van der Waals surface area contributed by atoms with E-state index in [1.54, 1.807) is 42.6 Å². The topological polar surface area (TPSA) is 103 Å². The molecule has 1 spiro atoms. The molecule has 1 saturated heterocycles. The lowest BCUT2D eigenvalue weighted by atomic mass is 9.87. The molecule has 2 amide bonds. The maximum absolute atomic E-state index is 12.5. The normalized spacial score (nSPS) is 19.4. The number of nitrogens with zero attached hydrogens (tertiary/aromatic N) is 3. The predicted octanol–water partition coefficient (Wildman–Crippen LogP) is 0.446. The summed E-state index contributed by atoms with van der Waals surface area (Å²) in [4.78, 5) is 32.4. The van der Waals surface area contributed by atoms with Crippen molar-refractivity contribution in [3.05, 3.63) is 35.4 Å². The van der Waals surface area contributed by atoms with Crippen LogP contribution in [0.25, 0.3) is 0 Å². The number of nitrogens with one attached hydrogen (secondary N) is 1. The first-order chi connectivity index (χ1) is 10.9. The highest BCUT2D eigenvalue weighted by Crippen LogP contribution is 2.31. The van der Waals surface area contributed by atoms with E-state index >= 15 is 0 Å². The van der Waals surface area contributed by atoms with Crippen LogP contribution < -0.4 is 5.73 Å². The molecule has 2 aliphatic rings. The molecule has 0 aromatic heterocycles. The SMILES string of the molecule is CN1C=NC2(CCN(C(=O)c3ccc(C(=N)N)cc3)CC2)C1=O. The average Bonchev–Trinajstić information content (AvgIpc) is 2.84. The number of hydrogen-bond acceptors (Lipinski definition) is 4. The summed E-state index contributed by atoms with van der Waals surface area (Å²) in [7, 11) is 1.70. The van der Waals surface area contributed by atoms with E-state index in [1.807, 2.05) is 0 Å². The Kier molecular flexibility index (Phi) is 3.63. The highest BCUT2D eigenvalue weighted by atomic mass is 16.2. The molecule has 2 heterocycles. The van der Waals surface area contributed by atoms with Crippen molar-refractivity contribution in [2.75, 3.05) is 20.1 Å². The number of amides is 2. The molecule has 0 radical (unpaired) electrons. The lowest BCUT2D eigenvalue weighted by Gasteiger charge is -2.36. The van der Waals surface area contributed by atoms with Gasteiger partial charge in [-0.1, -0.05) is 12.1 Å². The van der Waals surface area contributed by atoms with Gasteiger partial charge >= 0.3 is 0 Å². The van der Waals surface area contributed by atoms with Gasteiger partial charge in [0, 0.05) is 31.3 Å². The number of rotatable bonds is 2. The maximum Gasteiger partial charge on any atom is 0.255 e. The van der Waals surface area contributed by atoms with Crippen molar-refractivity contribution in [1.82, 2.24) is 9.80 Å². The third-order valence-electron chi connectivity index (χ3n) is 4.52. The second-order valence-electron chi connectivity index (χ2n) is 5.98. The van der Waals surface area contributed by atoms with Crippen molar-refractivity contribution < 1.29 is 9.59 Å². The molecular weight excluding hydrogens is 294 g/mol. The van der Waals surface area contributed by atoms with Crippen LogP contribution in [0.4, 0.5) is 0 Å². The van der Waals surface area contributed by atoms with Crippen molar-refractivity contribution in [2.45, 2.75) is 18.4 Å². The van der Waals surface area contributed by atoms with Crippen LogP contribution in [-0.4, -0.2) is 59.5 Å². The van der Waals surface area contributed by atoms with Gasteiger partial charge in [-0.05, 0) is 25.0 Å². The summed E-state index contributed by atoms with van der Waals surface area (Å²) in [5.74, 6) is -0.0845. The minimum atomic E-state index is -0.677. The van der Waals surface area contributed by atoms with Gasteiger partial charge in [-0.15, -0.1) is 0 Å². The van der Waals surface area contributed by atoms with Crippen molar-refractivity contribution in [3.63, 3.8) is 0 Å². The number of likely N-dealkylation sites (N-methyl/N-ethyl adjacent to an activating group) is 1. The zero-order valence-electron chi connectivity index (χ0n) is 13.0. The van der Waals surface area contributed by atoms with E-state index in [4.69, 9.17) is 11.1 Å². The summed E-state index contributed by atoms with van der Waals surface area (Å²) in [5, 5.41) is 7.37. The van der Waals surface area contributed by atoms with E-state index in [-0.39, 0.29) is 17.6 Å². The number of amidine groups is 1. The van der Waals surface area contributed by atoms with Gasteiger partial charge in [0.1, 0.15) is 11.4 Å². The fourth-order valence-electron chi connectivity index (χ4n) is 3.03. The summed E-state index contributed by atoms with van der Waals surface area (Å²) in [6.07, 6.45) is 2.66. The lowest BCUT2D eigenvalue weighted by molar-refractivity contribution is -0.131. The summed E-state index contributed by atoms with van der Waals surface area (Å²) >= 11 is 0. The molecule has 3 rings (SSSR count). The third-order valence-corrected chi connectivity index (χ3v) is 4.52. The van der Waals surface area contributed by atoms with Crippen LogP contribution in [0.5, 0.6) is 0 Å². The minimum Gasteiger partial charge on any atom is -0.384 e. The Morgan fingerprint density at radius 2 is 1.78 bits per heavy atom. The van der Waals surface area contributed by atoms with E-state index in [2.05, 4.69) is 4.99 Å². The Labute approximate surface area is 134 Å². The molecule has 0 bridgehead atoms. The molecule has 7 nitrogen and oxygen atoms in total. The fraction of sp³-hybridized carbons (Fsp3) is 0.375. The number of likely N-dealkylation sites (tertiary alicyclic amines) is 1. The Bertz CT molecular complexity index is 687. The zero-order valence-corrected chi connectivity index (χ0v) is 13.0. The summed E-state index contributed by atoms with van der Waals surface area (Å²) in [6.45, 7) is 1.01. The molecule has 7 heteroatoms. The summed E-state index contributed by atoms with van der Waals surface area (Å²) in [6, 6.07) is 6.69. The minimum absolute atomic E-state index is 0.00964. The predicted molar refractivity (Wildman–Crippen MR) is 86.6 cm³/mol. The van der Waals surface area contributed by atoms with Crippen molar-refractivity contribution in [2.24, 2.45) is 10.7 Å². The summed E-state index contributed by atoms with van der Waals surface area (Å²) in [5.41, 5.74) is 5.89. The van der Waals surface area contributed by atoms with E-state index in [1.165, 1.54) is 4.90 Å². The van der Waals surface area contributed by atoms with E-state index in [0.717, 1.165) is 0 Å². The molecule has 0 aliphatic carbocycles. The van der Waals surface area contributed by atoms with Crippen LogP contribution in [0.1, 0.15) is 28.8 Å². The van der Waals surface area contributed by atoms with Crippen LogP contribution >= 0.6 is 0 Å². The number of carbonyl (C=O) groups excluding carboxylic acids is 2. The van der Waals surface area contributed by atoms with Crippen molar-refractivity contribution in [3.8, 4) is 0 Å². The van der Waals surface area contributed by atoms with Gasteiger partial charge in [-0.3, -0.25) is 20.0 Å². The number of aliphatic imine (C=N–C) groups is 1. The highest BCUT2D eigenvalue weighted by Gasteiger charge is 2.46. The van der Waals surface area contributed by atoms with Crippen molar-refractivity contribution >= 4 is 24.0 Å². The van der Waals surface area contributed by atoms with Crippen LogP contribution in [0.3, 0.4) is 0 Å². The molecule has 0 atom stereocenters. The lowest BCUT2D eigenvalue weighted by Crippen LogP contribution is -2.50. The fourth-order valence-corrected chi connectivity index (χ4v) is 3.03. The maximum atomic E-state index is 12.5. The second kappa shape index (κ2) is 5.49. The van der Waals surface area contributed by atoms with Crippen LogP contribution in [0.2, 0.25) is 0 Å². The first kappa shape index (κ1) is 15.2. The molecular formula is C16H19N5O2. The largest absolute Gasteiger partial charge is 0.384 e. The smallest absolute Gasteiger partial charge is 0.255 e. The monoisotopic (exact) mass is 313 g/mol. The number of nitrogens with two attached hydrogens (primary N) is 1. The molecule has 0 saturated carbocycles. The number of hydrogen-bond donors (Lipinski definition) is 2. The van der Waals surface area contributed by atoms with Crippen molar-refractivity contribution in [1.29, 1.82) is 5.41 Å². The first-order valence-corrected chi connectivity index (χ1v) is 7.49. The second-order valence-corrected chi connectivity index (χ2v) is 5.98. The third kappa shape index (κ3) is 2.58. The van der Waals surface area contributed by atoms with Gasteiger partial charge in [0.05, 0.1) is 6.34 Å². The summed E-state index contributed by atoms with van der Waals surface area (Å²) < 4.78 is 0. The van der Waals surface area contributed by atoms with Gasteiger partial charge in [0.25, 0.3) is 11.8 Å². The number of piperidine rings is 1. The molecule has 120 valence electrons. The average molecular weight is 313 g/mol. The molecule has 2 aliphatic heterocycles. The van der Waals surface area contributed by atoms with Gasteiger partial charge < -0.3 is 15.5 Å². The van der Waals surface area contributed by atoms with E-state index in [9.17, 15) is 9.59 Å². The van der Waals surface area contributed by atoms with Crippen LogP contribution in [-0.2, 0) is 4.79 Å². The Morgan fingerprint density at radius 1 is 1.22 bits per heavy atom. The molecule has 1 aromatic carbocycles. The molecule has 1 aromatic rings. The standard InChI is InChI=1S/C16H19N5O2/c1-20-10-19-16(15(20)23)6-8-21(9-7-16)14(22)12-4-2-11(3-5-12)13(17)18/h2-5,10H,6-9H2,1H3,(H3,17,18). The first-order valence-electron chi connectivity index (χ1n) is 7.49. The van der Waals surface area contributed by atoms with Gasteiger partial charge in [-0.25, -0.2) is 0 Å². The number of benzene rings is 1. The molecule has 23 heavy (non-hydrogen) atoms. The van der Waals surface area contributed by atoms with E-state index in [0.29, 0.717) is 37.1 Å². The zero-order chi connectivity index (χ0) is 16.6. The molecule has 3 N–H and O–H groups in total. The number of nitrogen functional groups attached to an aromatic ring is 1. The quantitative estimate of drug-likeness (QED) is 0.612. The van der Waals surface area contributed by atoms with E-state index < -0.39 is 5.54 Å². The van der Waals surface area contributed by atoms with Crippen LogP contribution in [0, 0.1) is 5.41 Å². The Balaban J connectivity index is 1.68. The molecule has 1 fully saturated rings. The van der Waals surface area contributed by atoms with Crippen LogP contribution in [0.15, 0.2) is 29.3 Å². The van der Waals surface area contributed by atoms with Gasteiger partial charge in [0.2, 0.25) is 0 Å². The van der Waals surface area contributed by atoms with Gasteiger partial charge in [-0.2, -0.15) is 0 Å². The molecule has 0 unspecified atom stereocenters. The Morgan fingerprint density at radius 3 is 2.26 bits per heavy atom. The number of carbonyl (C=O) groups is 2. The highest BCUT2D eigenvalue weighted by molar-refractivity contribution is 6.01. The Hall–Kier alpha value is -2.70.